The van der Waals surface area contributed by atoms with E-state index in [1.165, 1.54) is 109 Å². The first kappa shape index (κ1) is 53.7. The molecule has 4 unspecified atom stereocenters. The highest BCUT2D eigenvalue weighted by molar-refractivity contribution is 5.72. The number of carbonyl (C=O) groups is 2. The molecular formula is C44H86O11. The number of ether oxygens (including phenoxy) is 1. The smallest absolute Gasteiger partial charge is 0.345 e. The van der Waals surface area contributed by atoms with Gasteiger partial charge >= 0.3 is 11.9 Å². The lowest BCUT2D eigenvalue weighted by molar-refractivity contribution is -0.280. The zero-order chi connectivity index (χ0) is 40.5. The summed E-state index contributed by atoms with van der Waals surface area (Å²) >= 11 is 0. The van der Waals surface area contributed by atoms with Gasteiger partial charge in [-0.2, -0.15) is 4.89 Å². The minimum Gasteiger partial charge on any atom is -0.463 e. The van der Waals surface area contributed by atoms with Gasteiger partial charge in [0.15, 0.2) is 0 Å². The maximum Gasteiger partial charge on any atom is 0.345 e. The molecule has 0 aliphatic heterocycles. The van der Waals surface area contributed by atoms with Crippen molar-refractivity contribution in [3.63, 3.8) is 0 Å². The first-order valence-corrected chi connectivity index (χ1v) is 22.7. The highest BCUT2D eigenvalue weighted by Crippen LogP contribution is 2.21. The van der Waals surface area contributed by atoms with Gasteiger partial charge in [0.1, 0.15) is 13.2 Å². The van der Waals surface area contributed by atoms with Crippen LogP contribution in [0.15, 0.2) is 0 Å². The monoisotopic (exact) mass is 791 g/mol. The Morgan fingerprint density at radius 3 is 0.982 bits per heavy atom. The molecule has 0 heterocycles. The summed E-state index contributed by atoms with van der Waals surface area (Å²) in [5.41, 5.74) is 0. The molecule has 0 aromatic heterocycles. The Morgan fingerprint density at radius 1 is 0.382 bits per heavy atom. The van der Waals surface area contributed by atoms with Crippen LogP contribution in [0.3, 0.4) is 0 Å². The van der Waals surface area contributed by atoms with Crippen LogP contribution in [0.5, 0.6) is 0 Å². The minimum atomic E-state index is -1.02. The third kappa shape index (κ3) is 36.7. The predicted molar refractivity (Wildman–Crippen MR) is 218 cm³/mol. The second kappa shape index (κ2) is 42.3. The molecule has 0 aliphatic carbocycles. The molecule has 0 spiro atoms. The first-order valence-electron chi connectivity index (χ1n) is 22.7. The van der Waals surface area contributed by atoms with Crippen LogP contribution in [0.2, 0.25) is 0 Å². The Bertz CT molecular complexity index is 751. The molecule has 0 bridgehead atoms. The summed E-state index contributed by atoms with van der Waals surface area (Å²) in [7, 11) is 0. The number of aliphatic hydroxyl groups excluding tert-OH is 6. The molecule has 0 aliphatic rings. The zero-order valence-corrected chi connectivity index (χ0v) is 34.9. The van der Waals surface area contributed by atoms with E-state index in [0.29, 0.717) is 26.1 Å². The van der Waals surface area contributed by atoms with E-state index in [1.807, 2.05) is 0 Å². The van der Waals surface area contributed by atoms with Crippen LogP contribution >= 0.6 is 0 Å². The van der Waals surface area contributed by atoms with Crippen LogP contribution in [0.25, 0.3) is 0 Å². The van der Waals surface area contributed by atoms with Gasteiger partial charge in [-0.3, -0.25) is 9.68 Å². The van der Waals surface area contributed by atoms with E-state index in [0.717, 1.165) is 70.6 Å². The molecular weight excluding hydrogens is 704 g/mol. The molecule has 0 aromatic rings. The molecule has 0 saturated heterocycles. The molecule has 0 amide bonds. The lowest BCUT2D eigenvalue weighted by Gasteiger charge is -2.19. The largest absolute Gasteiger partial charge is 0.463 e. The number of unbranched alkanes of at least 4 members (excludes halogenated alkanes) is 26. The van der Waals surface area contributed by atoms with E-state index < -0.39 is 49.2 Å². The fraction of sp³-hybridized carbons (Fsp3) is 0.955. The van der Waals surface area contributed by atoms with Crippen LogP contribution in [-0.4, -0.2) is 94.4 Å². The second-order valence-corrected chi connectivity index (χ2v) is 15.9. The normalized spacial score (nSPS) is 13.8. The van der Waals surface area contributed by atoms with Gasteiger partial charge in [-0.25, -0.2) is 4.79 Å². The van der Waals surface area contributed by atoms with E-state index in [9.17, 15) is 30.0 Å². The average Bonchev–Trinajstić information content (AvgIpc) is 3.19. The minimum absolute atomic E-state index is 0.0811. The molecule has 11 nitrogen and oxygen atoms in total. The number of rotatable bonds is 44. The predicted octanol–water partition coefficient (Wildman–Crippen LogP) is 8.41. The molecule has 55 heavy (non-hydrogen) atoms. The topological polar surface area (TPSA) is 183 Å². The Hall–Kier alpha value is -1.34. The van der Waals surface area contributed by atoms with Crippen LogP contribution in [0.1, 0.15) is 205 Å². The van der Waals surface area contributed by atoms with Gasteiger partial charge < -0.3 is 35.4 Å². The summed E-state index contributed by atoms with van der Waals surface area (Å²) in [6.45, 7) is -0.541. The van der Waals surface area contributed by atoms with Crippen molar-refractivity contribution >= 4 is 11.9 Å². The summed E-state index contributed by atoms with van der Waals surface area (Å²) in [5.74, 6) is -2.24. The molecule has 0 saturated carbocycles. The van der Waals surface area contributed by atoms with Crippen molar-refractivity contribution in [3.8, 4) is 0 Å². The number of carbonyl (C=O) groups excluding carboxylic acids is 2. The third-order valence-corrected chi connectivity index (χ3v) is 10.7. The Balaban J connectivity index is 4.18. The SMILES string of the molecule is O=C(OCCOOC(=O)C(CCCCCCCCCCCCCCCCO)CC(O)CO)C(CCCCCCCCCCCCCCCCO)CC(O)CO. The molecule has 0 fully saturated rings. The molecule has 328 valence electrons. The van der Waals surface area contributed by atoms with Crippen LogP contribution in [0, 0.1) is 11.8 Å². The zero-order valence-electron chi connectivity index (χ0n) is 34.9. The standard InChI is InChI=1S/C44H86O11/c45-31-27-23-19-15-11-7-3-1-5-9-13-17-21-25-29-39(35-41(49)37-47)43(51)53-33-34-54-55-44(52)40(36-42(50)38-48)30-26-22-18-14-10-6-2-4-8-12-16-20-24-28-32-46/h39-42,45-50H,1-38H2. The fourth-order valence-electron chi connectivity index (χ4n) is 7.18. The second-order valence-electron chi connectivity index (χ2n) is 15.9. The van der Waals surface area contributed by atoms with Gasteiger partial charge in [0.05, 0.1) is 37.3 Å². The molecule has 6 N–H and O–H groups in total. The van der Waals surface area contributed by atoms with Crippen molar-refractivity contribution in [2.24, 2.45) is 11.8 Å². The molecule has 0 radical (unpaired) electrons. The van der Waals surface area contributed by atoms with E-state index in [1.54, 1.807) is 0 Å². The van der Waals surface area contributed by atoms with Gasteiger partial charge in [-0.15, -0.1) is 0 Å². The summed E-state index contributed by atoms with van der Waals surface area (Å²) in [6, 6.07) is 0. The van der Waals surface area contributed by atoms with E-state index in [2.05, 4.69) is 0 Å². The van der Waals surface area contributed by atoms with Crippen molar-refractivity contribution in [3.05, 3.63) is 0 Å². The summed E-state index contributed by atoms with van der Waals surface area (Å²) in [4.78, 5) is 35.6. The van der Waals surface area contributed by atoms with E-state index >= 15 is 0 Å². The maximum atomic E-state index is 12.8. The molecule has 4 atom stereocenters. The van der Waals surface area contributed by atoms with Crippen LogP contribution in [0.4, 0.5) is 0 Å². The van der Waals surface area contributed by atoms with Gasteiger partial charge in [-0.05, 0) is 38.5 Å². The highest BCUT2D eigenvalue weighted by atomic mass is 17.2. The number of hydrogen-bond acceptors (Lipinski definition) is 11. The summed E-state index contributed by atoms with van der Waals surface area (Å²) in [6.07, 6.45) is 31.7. The lowest BCUT2D eigenvalue weighted by Crippen LogP contribution is -2.27. The van der Waals surface area contributed by atoms with Crippen molar-refractivity contribution in [1.29, 1.82) is 0 Å². The van der Waals surface area contributed by atoms with Crippen LogP contribution < -0.4 is 0 Å². The Morgan fingerprint density at radius 2 is 0.673 bits per heavy atom. The average molecular weight is 791 g/mol. The van der Waals surface area contributed by atoms with Crippen molar-refractivity contribution in [1.82, 2.24) is 0 Å². The number of hydrogen-bond donors (Lipinski definition) is 6. The summed E-state index contributed by atoms with van der Waals surface area (Å²) < 4.78 is 5.37. The third-order valence-electron chi connectivity index (χ3n) is 10.7. The fourth-order valence-corrected chi connectivity index (χ4v) is 7.18. The molecule has 0 aromatic carbocycles. The number of aliphatic hydroxyl groups is 6. The molecule has 0 rings (SSSR count). The van der Waals surface area contributed by atoms with Crippen LogP contribution in [-0.2, 0) is 24.1 Å². The highest BCUT2D eigenvalue weighted by Gasteiger charge is 2.25. The Labute approximate surface area is 335 Å². The quantitative estimate of drug-likeness (QED) is 0.0151. The van der Waals surface area contributed by atoms with E-state index in [4.69, 9.17) is 24.7 Å². The van der Waals surface area contributed by atoms with Gasteiger partial charge in [-0.1, -0.05) is 167 Å². The Kier molecular flexibility index (Phi) is 41.2. The summed E-state index contributed by atoms with van der Waals surface area (Å²) in [5, 5.41) is 56.3. The lowest BCUT2D eigenvalue weighted by atomic mass is 9.94. The molecule has 11 heteroatoms. The van der Waals surface area contributed by atoms with Crippen molar-refractivity contribution < 1.29 is 54.7 Å². The van der Waals surface area contributed by atoms with Gasteiger partial charge in [0, 0.05) is 13.2 Å². The number of esters is 1. The van der Waals surface area contributed by atoms with Gasteiger partial charge in [0.25, 0.3) is 0 Å². The first-order chi connectivity index (χ1) is 26.9. The van der Waals surface area contributed by atoms with Crippen molar-refractivity contribution in [2.45, 2.75) is 218 Å². The maximum absolute atomic E-state index is 12.8. The van der Waals surface area contributed by atoms with Gasteiger partial charge in [0.2, 0.25) is 0 Å². The van der Waals surface area contributed by atoms with E-state index in [-0.39, 0.29) is 26.1 Å². The van der Waals surface area contributed by atoms with Crippen molar-refractivity contribution in [2.75, 3.05) is 39.6 Å².